The van der Waals surface area contributed by atoms with Gasteiger partial charge in [-0.1, -0.05) is 30.3 Å². The predicted molar refractivity (Wildman–Crippen MR) is 123 cm³/mol. The number of hydrogen-bond donors (Lipinski definition) is 3. The van der Waals surface area contributed by atoms with Crippen molar-refractivity contribution in [3.63, 3.8) is 0 Å². The van der Waals surface area contributed by atoms with Gasteiger partial charge < -0.3 is 34.3 Å². The monoisotopic (exact) mass is 492 g/mol. The fraction of sp³-hybridized carbons (Fsp3) is 0.692. The van der Waals surface area contributed by atoms with Crippen LogP contribution in [0.25, 0.3) is 0 Å². The summed E-state index contributed by atoms with van der Waals surface area (Å²) in [7, 11) is 0. The third-order valence-corrected chi connectivity index (χ3v) is 8.22. The van der Waals surface area contributed by atoms with E-state index < -0.39 is 71.1 Å². The van der Waals surface area contributed by atoms with E-state index in [1.165, 1.54) is 13.8 Å². The molecular weight excluding hydrogens is 456 g/mol. The second-order valence-corrected chi connectivity index (χ2v) is 10.9. The Kier molecular flexibility index (Phi) is 6.56. The normalized spacial score (nSPS) is 41.7. The van der Waals surface area contributed by atoms with Gasteiger partial charge in [-0.25, -0.2) is 0 Å². The summed E-state index contributed by atoms with van der Waals surface area (Å²) in [5.74, 6) is -2.01. The van der Waals surface area contributed by atoms with Crippen molar-refractivity contribution < 1.29 is 43.9 Å². The van der Waals surface area contributed by atoms with Crippen LogP contribution in [0.15, 0.2) is 30.3 Å². The molecule has 3 fully saturated rings. The van der Waals surface area contributed by atoms with Crippen LogP contribution in [0.4, 0.5) is 0 Å². The Bertz CT molecular complexity index is 961. The van der Waals surface area contributed by atoms with Crippen molar-refractivity contribution in [3.8, 4) is 0 Å². The average Bonchev–Trinajstić information content (AvgIpc) is 2.95. The molecule has 1 aromatic rings. The summed E-state index contributed by atoms with van der Waals surface area (Å²) in [6.07, 6.45) is -4.37. The molecule has 4 rings (SSSR count). The first-order valence-electron chi connectivity index (χ1n) is 12.0. The summed E-state index contributed by atoms with van der Waals surface area (Å²) < 4.78 is 24.2. The Morgan fingerprint density at radius 3 is 2.34 bits per heavy atom. The summed E-state index contributed by atoms with van der Waals surface area (Å²) in [6, 6.07) is 9.33. The summed E-state index contributed by atoms with van der Waals surface area (Å²) in [6.45, 7) is 7.24. The number of fused-ring (bicyclic) bond motifs is 1. The lowest BCUT2D eigenvalue weighted by atomic mass is 9.46. The number of carbonyl (C=O) groups excluding carboxylic acids is 2. The van der Waals surface area contributed by atoms with Gasteiger partial charge in [-0.05, 0) is 39.2 Å². The zero-order valence-electron chi connectivity index (χ0n) is 20.9. The Morgan fingerprint density at radius 2 is 1.74 bits per heavy atom. The molecule has 0 amide bonds. The predicted octanol–water partition coefficient (Wildman–Crippen LogP) is 1.50. The maximum atomic E-state index is 12.2. The number of benzene rings is 1. The third-order valence-electron chi connectivity index (χ3n) is 8.22. The van der Waals surface area contributed by atoms with Crippen LogP contribution in [0.5, 0.6) is 0 Å². The molecule has 1 aliphatic heterocycles. The zero-order valence-corrected chi connectivity index (χ0v) is 20.9. The molecule has 2 bridgehead atoms. The van der Waals surface area contributed by atoms with E-state index in [2.05, 4.69) is 0 Å². The largest absolute Gasteiger partial charge is 0.465 e. The van der Waals surface area contributed by atoms with E-state index in [9.17, 15) is 24.9 Å². The van der Waals surface area contributed by atoms with Gasteiger partial charge in [0.2, 0.25) is 0 Å². The van der Waals surface area contributed by atoms with E-state index in [1.54, 1.807) is 20.8 Å². The van der Waals surface area contributed by atoms with Crippen LogP contribution in [0.1, 0.15) is 53.0 Å². The summed E-state index contributed by atoms with van der Waals surface area (Å²) >= 11 is 0. The van der Waals surface area contributed by atoms with E-state index >= 15 is 0 Å². The minimum absolute atomic E-state index is 0.0959. The van der Waals surface area contributed by atoms with Crippen molar-refractivity contribution in [1.29, 1.82) is 0 Å². The smallest absolute Gasteiger partial charge is 0.302 e. The first kappa shape index (κ1) is 26.0. The van der Waals surface area contributed by atoms with Crippen LogP contribution in [0.2, 0.25) is 0 Å². The second kappa shape index (κ2) is 8.81. The van der Waals surface area contributed by atoms with Gasteiger partial charge in [-0.15, -0.1) is 0 Å². The number of aliphatic hydroxyl groups excluding tert-OH is 2. The third kappa shape index (κ3) is 3.79. The Morgan fingerprint density at radius 1 is 1.09 bits per heavy atom. The van der Waals surface area contributed by atoms with Gasteiger partial charge in [-0.3, -0.25) is 9.59 Å². The van der Waals surface area contributed by atoms with E-state index in [0.717, 1.165) is 5.56 Å². The molecule has 3 aliphatic rings. The SMILES string of the molecule is CC(=O)OCC12C(OC(C)=O)CCC(C)(O)C13OC(C)(C)C(C(O)C2OCc1ccccc1)C3O. The van der Waals surface area contributed by atoms with Gasteiger partial charge >= 0.3 is 11.9 Å². The average molecular weight is 493 g/mol. The lowest BCUT2D eigenvalue weighted by molar-refractivity contribution is -0.354. The molecule has 1 heterocycles. The minimum atomic E-state index is -1.76. The van der Waals surface area contributed by atoms with E-state index in [1.807, 2.05) is 30.3 Å². The van der Waals surface area contributed by atoms with E-state index in [-0.39, 0.29) is 19.4 Å². The molecule has 35 heavy (non-hydrogen) atoms. The first-order chi connectivity index (χ1) is 16.3. The summed E-state index contributed by atoms with van der Waals surface area (Å²) in [4.78, 5) is 24.2. The zero-order chi connectivity index (χ0) is 25.8. The lowest BCUT2D eigenvalue weighted by Gasteiger charge is -2.65. The fourth-order valence-electron chi connectivity index (χ4n) is 6.93. The molecule has 194 valence electrons. The van der Waals surface area contributed by atoms with Gasteiger partial charge in [0.05, 0.1) is 36.1 Å². The molecular formula is C26H36O9. The first-order valence-corrected chi connectivity index (χ1v) is 12.0. The van der Waals surface area contributed by atoms with Gasteiger partial charge in [0.25, 0.3) is 0 Å². The highest BCUT2D eigenvalue weighted by Gasteiger charge is 2.84. The van der Waals surface area contributed by atoms with E-state index in [0.29, 0.717) is 0 Å². The number of aliphatic hydroxyl groups is 3. The Hall–Kier alpha value is -2.04. The maximum absolute atomic E-state index is 12.2. The van der Waals surface area contributed by atoms with Gasteiger partial charge in [0.1, 0.15) is 23.7 Å². The van der Waals surface area contributed by atoms with Crippen LogP contribution in [-0.2, 0) is 35.1 Å². The van der Waals surface area contributed by atoms with Crippen molar-refractivity contribution in [1.82, 2.24) is 0 Å². The molecule has 8 unspecified atom stereocenters. The van der Waals surface area contributed by atoms with Crippen LogP contribution >= 0.6 is 0 Å². The molecule has 3 N–H and O–H groups in total. The van der Waals surface area contributed by atoms with Crippen molar-refractivity contribution in [2.45, 2.75) is 95.3 Å². The quantitative estimate of drug-likeness (QED) is 0.506. The van der Waals surface area contributed by atoms with Crippen LogP contribution in [0.3, 0.4) is 0 Å². The fourth-order valence-corrected chi connectivity index (χ4v) is 6.93. The van der Waals surface area contributed by atoms with Crippen LogP contribution in [0, 0.1) is 11.3 Å². The van der Waals surface area contributed by atoms with Gasteiger partial charge in [-0.2, -0.15) is 0 Å². The minimum Gasteiger partial charge on any atom is -0.465 e. The standard InChI is InChI=1S/C26H36O9/c1-15(27)33-14-25-18(34-16(2)28)11-12-24(5,31)26(25)21(30)19(23(3,4)35-26)20(29)22(25)32-13-17-9-7-6-8-10-17/h6-10,18-22,29-31H,11-14H2,1-5H3. The van der Waals surface area contributed by atoms with Crippen LogP contribution < -0.4 is 0 Å². The van der Waals surface area contributed by atoms with E-state index in [4.69, 9.17) is 18.9 Å². The topological polar surface area (TPSA) is 132 Å². The molecule has 1 spiro atoms. The summed E-state index contributed by atoms with van der Waals surface area (Å²) in [5, 5.41) is 35.3. The number of ether oxygens (including phenoxy) is 4. The highest BCUT2D eigenvalue weighted by molar-refractivity contribution is 5.67. The number of esters is 2. The summed E-state index contributed by atoms with van der Waals surface area (Å²) in [5.41, 5.74) is -5.23. The molecule has 0 radical (unpaired) electrons. The maximum Gasteiger partial charge on any atom is 0.302 e. The Labute approximate surface area is 205 Å². The molecule has 9 heteroatoms. The molecule has 9 nitrogen and oxygen atoms in total. The van der Waals surface area contributed by atoms with Crippen molar-refractivity contribution in [2.24, 2.45) is 11.3 Å². The number of carbonyl (C=O) groups is 2. The molecule has 1 aromatic carbocycles. The molecule has 2 saturated carbocycles. The number of hydrogen-bond acceptors (Lipinski definition) is 9. The number of rotatable bonds is 6. The highest BCUT2D eigenvalue weighted by Crippen LogP contribution is 2.68. The second-order valence-electron chi connectivity index (χ2n) is 10.9. The van der Waals surface area contributed by atoms with Crippen molar-refractivity contribution in [2.75, 3.05) is 6.61 Å². The van der Waals surface area contributed by atoms with Crippen molar-refractivity contribution >= 4 is 11.9 Å². The van der Waals surface area contributed by atoms with Gasteiger partial charge in [0.15, 0.2) is 0 Å². The molecule has 0 aromatic heterocycles. The van der Waals surface area contributed by atoms with Gasteiger partial charge in [0, 0.05) is 19.8 Å². The van der Waals surface area contributed by atoms with Crippen LogP contribution in [-0.4, -0.2) is 75.1 Å². The lowest BCUT2D eigenvalue weighted by Crippen LogP contribution is -2.82. The molecule has 8 atom stereocenters. The molecule has 2 aliphatic carbocycles. The Balaban J connectivity index is 1.93. The highest BCUT2D eigenvalue weighted by atomic mass is 16.6. The van der Waals surface area contributed by atoms with Crippen molar-refractivity contribution in [3.05, 3.63) is 35.9 Å². The molecule has 1 saturated heterocycles.